The van der Waals surface area contributed by atoms with Crippen molar-refractivity contribution in [2.75, 3.05) is 6.54 Å². The normalized spacial score (nSPS) is 10.8. The highest BCUT2D eigenvalue weighted by molar-refractivity contribution is 14.1. The van der Waals surface area contributed by atoms with Crippen LogP contribution in [0.5, 0.6) is 0 Å². The lowest BCUT2D eigenvalue weighted by atomic mass is 10.2. The Morgan fingerprint density at radius 3 is 2.73 bits per heavy atom. The molecule has 0 saturated heterocycles. The van der Waals surface area contributed by atoms with Crippen LogP contribution in [-0.4, -0.2) is 22.0 Å². The molecular weight excluding hydrogens is 389 g/mol. The molecule has 1 heterocycles. The molecule has 22 heavy (non-hydrogen) atoms. The largest absolute Gasteiger partial charge is 0.350 e. The molecule has 0 unspecified atom stereocenters. The van der Waals surface area contributed by atoms with Gasteiger partial charge in [-0.3, -0.25) is 4.79 Å². The number of aromatic nitrogens is 2. The minimum absolute atomic E-state index is 0.0351. The van der Waals surface area contributed by atoms with Crippen molar-refractivity contribution < 1.29 is 4.79 Å². The van der Waals surface area contributed by atoms with E-state index in [9.17, 15) is 4.79 Å². The average molecular weight is 405 g/mol. The van der Waals surface area contributed by atoms with Crippen LogP contribution < -0.4 is 5.32 Å². The fraction of sp³-hybridized carbons (Fsp3) is 0.176. The maximum absolute atomic E-state index is 12.2. The molecule has 1 aromatic heterocycles. The molecule has 0 radical (unpaired) electrons. The zero-order chi connectivity index (χ0) is 15.5. The molecule has 112 valence electrons. The fourth-order valence-electron chi connectivity index (χ4n) is 2.50. The number of nitrogens with one attached hydrogen (secondary N) is 1. The standard InChI is InChI=1S/C17H16IN3O/c1-12-20-15-8-4-5-9-16(15)21(12)11-10-19-17(22)13-6-2-3-7-14(13)18/h2-9H,10-11H2,1H3,(H,19,22). The minimum atomic E-state index is -0.0351. The van der Waals surface area contributed by atoms with E-state index in [2.05, 4.69) is 43.5 Å². The number of hydrogen-bond donors (Lipinski definition) is 1. The summed E-state index contributed by atoms with van der Waals surface area (Å²) in [5.41, 5.74) is 2.81. The molecule has 0 atom stereocenters. The Balaban J connectivity index is 1.69. The van der Waals surface area contributed by atoms with Crippen LogP contribution in [0.1, 0.15) is 16.2 Å². The minimum Gasteiger partial charge on any atom is -0.350 e. The second-order valence-corrected chi connectivity index (χ2v) is 6.20. The Kier molecular flexibility index (Phi) is 4.42. The molecule has 5 heteroatoms. The van der Waals surface area contributed by atoms with Gasteiger partial charge in [0.05, 0.1) is 16.6 Å². The predicted octanol–water partition coefficient (Wildman–Crippen LogP) is 3.38. The Bertz CT molecular complexity index is 826. The van der Waals surface area contributed by atoms with E-state index in [0.29, 0.717) is 13.1 Å². The molecule has 0 aliphatic rings. The third-order valence-corrected chi connectivity index (χ3v) is 4.53. The molecule has 0 fully saturated rings. The van der Waals surface area contributed by atoms with E-state index in [1.807, 2.05) is 49.4 Å². The highest BCUT2D eigenvalue weighted by Crippen LogP contribution is 2.15. The van der Waals surface area contributed by atoms with Gasteiger partial charge in [-0.2, -0.15) is 0 Å². The van der Waals surface area contributed by atoms with E-state index < -0.39 is 0 Å². The number of nitrogens with zero attached hydrogens (tertiary/aromatic N) is 2. The van der Waals surface area contributed by atoms with Crippen molar-refractivity contribution in [2.45, 2.75) is 13.5 Å². The molecule has 0 saturated carbocycles. The van der Waals surface area contributed by atoms with Gasteiger partial charge in [0.2, 0.25) is 0 Å². The molecule has 1 N–H and O–H groups in total. The van der Waals surface area contributed by atoms with Crippen LogP contribution >= 0.6 is 22.6 Å². The Morgan fingerprint density at radius 2 is 1.91 bits per heavy atom. The van der Waals surface area contributed by atoms with E-state index in [0.717, 1.165) is 26.0 Å². The van der Waals surface area contributed by atoms with Crippen molar-refractivity contribution in [3.63, 3.8) is 0 Å². The summed E-state index contributed by atoms with van der Waals surface area (Å²) in [5.74, 6) is 0.928. The average Bonchev–Trinajstić information content (AvgIpc) is 2.83. The third-order valence-electron chi connectivity index (χ3n) is 3.58. The summed E-state index contributed by atoms with van der Waals surface area (Å²) in [7, 11) is 0. The molecule has 0 aliphatic heterocycles. The Morgan fingerprint density at radius 1 is 1.18 bits per heavy atom. The number of imidazole rings is 1. The van der Waals surface area contributed by atoms with Gasteiger partial charge in [0.25, 0.3) is 5.91 Å². The van der Waals surface area contributed by atoms with Crippen LogP contribution in [0, 0.1) is 10.5 Å². The highest BCUT2D eigenvalue weighted by Gasteiger charge is 2.10. The number of halogens is 1. The SMILES string of the molecule is Cc1nc2ccccc2n1CCNC(=O)c1ccccc1I. The van der Waals surface area contributed by atoms with Crippen molar-refractivity contribution in [3.8, 4) is 0 Å². The molecule has 3 rings (SSSR count). The second kappa shape index (κ2) is 6.48. The molecule has 3 aromatic rings. The quantitative estimate of drug-likeness (QED) is 0.677. The molecule has 0 spiro atoms. The maximum atomic E-state index is 12.2. The smallest absolute Gasteiger partial charge is 0.252 e. The summed E-state index contributed by atoms with van der Waals surface area (Å²) in [4.78, 5) is 16.7. The van der Waals surface area contributed by atoms with Crippen molar-refractivity contribution in [3.05, 3.63) is 63.5 Å². The van der Waals surface area contributed by atoms with Gasteiger partial charge >= 0.3 is 0 Å². The van der Waals surface area contributed by atoms with Crippen LogP contribution in [0.25, 0.3) is 11.0 Å². The Labute approximate surface area is 142 Å². The van der Waals surface area contributed by atoms with Crippen LogP contribution in [0.4, 0.5) is 0 Å². The first-order chi connectivity index (χ1) is 10.7. The number of para-hydroxylation sites is 2. The van der Waals surface area contributed by atoms with Crippen molar-refractivity contribution in [1.82, 2.24) is 14.9 Å². The van der Waals surface area contributed by atoms with Gasteiger partial charge in [-0.25, -0.2) is 4.98 Å². The van der Waals surface area contributed by atoms with E-state index >= 15 is 0 Å². The number of aryl methyl sites for hydroxylation is 1. The zero-order valence-corrected chi connectivity index (χ0v) is 14.4. The maximum Gasteiger partial charge on any atom is 0.252 e. The van der Waals surface area contributed by atoms with Gasteiger partial charge in [-0.15, -0.1) is 0 Å². The Hall–Kier alpha value is -1.89. The van der Waals surface area contributed by atoms with Gasteiger partial charge in [0.1, 0.15) is 5.82 Å². The highest BCUT2D eigenvalue weighted by atomic mass is 127. The summed E-state index contributed by atoms with van der Waals surface area (Å²) < 4.78 is 3.09. The van der Waals surface area contributed by atoms with Gasteiger partial charge in [-0.05, 0) is 53.8 Å². The first-order valence-corrected chi connectivity index (χ1v) is 8.19. The third kappa shape index (κ3) is 2.99. The monoisotopic (exact) mass is 405 g/mol. The number of rotatable bonds is 4. The molecule has 1 amide bonds. The number of hydrogen-bond acceptors (Lipinski definition) is 2. The van der Waals surface area contributed by atoms with Crippen LogP contribution in [0.3, 0.4) is 0 Å². The lowest BCUT2D eigenvalue weighted by Crippen LogP contribution is -2.28. The first kappa shape index (κ1) is 15.0. The lowest BCUT2D eigenvalue weighted by molar-refractivity contribution is 0.0951. The molecule has 2 aromatic carbocycles. The van der Waals surface area contributed by atoms with Gasteiger partial charge in [0, 0.05) is 16.7 Å². The van der Waals surface area contributed by atoms with Crippen molar-refractivity contribution in [1.29, 1.82) is 0 Å². The van der Waals surface area contributed by atoms with Gasteiger partial charge in [0.15, 0.2) is 0 Å². The zero-order valence-electron chi connectivity index (χ0n) is 12.2. The predicted molar refractivity (Wildman–Crippen MR) is 96.0 cm³/mol. The first-order valence-electron chi connectivity index (χ1n) is 7.11. The molecule has 4 nitrogen and oxygen atoms in total. The number of carbonyl (C=O) groups is 1. The van der Waals surface area contributed by atoms with Crippen LogP contribution in [0.2, 0.25) is 0 Å². The summed E-state index contributed by atoms with van der Waals surface area (Å²) in [6.45, 7) is 3.27. The second-order valence-electron chi connectivity index (χ2n) is 5.04. The van der Waals surface area contributed by atoms with Gasteiger partial charge in [-0.1, -0.05) is 24.3 Å². The molecular formula is C17H16IN3O. The number of carbonyl (C=O) groups excluding carboxylic acids is 1. The summed E-state index contributed by atoms with van der Waals surface area (Å²) in [6, 6.07) is 15.6. The number of amides is 1. The topological polar surface area (TPSA) is 46.9 Å². The summed E-state index contributed by atoms with van der Waals surface area (Å²) in [6.07, 6.45) is 0. The molecule has 0 bridgehead atoms. The van der Waals surface area contributed by atoms with E-state index in [1.165, 1.54) is 0 Å². The summed E-state index contributed by atoms with van der Waals surface area (Å²) >= 11 is 2.18. The number of fused-ring (bicyclic) bond motifs is 1. The number of benzene rings is 2. The van der Waals surface area contributed by atoms with Gasteiger partial charge < -0.3 is 9.88 Å². The van der Waals surface area contributed by atoms with Crippen molar-refractivity contribution in [2.24, 2.45) is 0 Å². The van der Waals surface area contributed by atoms with E-state index in [1.54, 1.807) is 0 Å². The van der Waals surface area contributed by atoms with E-state index in [-0.39, 0.29) is 5.91 Å². The van der Waals surface area contributed by atoms with E-state index in [4.69, 9.17) is 0 Å². The van der Waals surface area contributed by atoms with Crippen molar-refractivity contribution >= 4 is 39.5 Å². The fourth-order valence-corrected chi connectivity index (χ4v) is 3.13. The summed E-state index contributed by atoms with van der Waals surface area (Å²) in [5, 5.41) is 2.98. The molecule has 0 aliphatic carbocycles. The van der Waals surface area contributed by atoms with Crippen LogP contribution in [-0.2, 0) is 6.54 Å². The van der Waals surface area contributed by atoms with Crippen LogP contribution in [0.15, 0.2) is 48.5 Å². The lowest BCUT2D eigenvalue weighted by Gasteiger charge is -2.09.